The maximum Gasteiger partial charge on any atom is 0.307 e. The number of nitrogens with zero attached hydrogens (tertiary/aromatic N) is 1. The number of hydrogen-bond donors (Lipinski definition) is 1. The third-order valence-electron chi connectivity index (χ3n) is 4.33. The van der Waals surface area contributed by atoms with Crippen LogP contribution in [0.25, 0.3) is 0 Å². The molecule has 2 fully saturated rings. The minimum absolute atomic E-state index is 0.0158. The molecule has 2 atom stereocenters. The van der Waals surface area contributed by atoms with Crippen LogP contribution in [0.2, 0.25) is 0 Å². The van der Waals surface area contributed by atoms with Crippen LogP contribution in [0, 0.1) is 17.3 Å². The minimum atomic E-state index is -0.842. The first kappa shape index (κ1) is 11.4. The fraction of sp³-hybridized carbons (Fsp3) is 0.833. The molecule has 2 aliphatic carbocycles. The summed E-state index contributed by atoms with van der Waals surface area (Å²) in [5.74, 6) is -1.65. The highest BCUT2D eigenvalue weighted by molar-refractivity contribution is 5.91. The van der Waals surface area contributed by atoms with Crippen LogP contribution in [0.5, 0.6) is 0 Å². The van der Waals surface area contributed by atoms with Gasteiger partial charge in [-0.05, 0) is 24.7 Å². The van der Waals surface area contributed by atoms with Gasteiger partial charge in [-0.3, -0.25) is 9.59 Å². The molecule has 2 rings (SSSR count). The second-order valence-electron chi connectivity index (χ2n) is 5.65. The van der Waals surface area contributed by atoms with Crippen molar-refractivity contribution >= 4 is 11.9 Å². The summed E-state index contributed by atoms with van der Waals surface area (Å²) in [7, 11) is 1.81. The summed E-state index contributed by atoms with van der Waals surface area (Å²) in [5, 5.41) is 9.03. The number of aliphatic carboxylic acids is 1. The summed E-state index contributed by atoms with van der Waals surface area (Å²) < 4.78 is 0. The van der Waals surface area contributed by atoms with Gasteiger partial charge in [-0.15, -0.1) is 0 Å². The van der Waals surface area contributed by atoms with Gasteiger partial charge in [-0.25, -0.2) is 0 Å². The van der Waals surface area contributed by atoms with Crippen LogP contribution in [0.15, 0.2) is 0 Å². The topological polar surface area (TPSA) is 57.6 Å². The molecule has 16 heavy (non-hydrogen) atoms. The second-order valence-corrected chi connectivity index (χ2v) is 5.65. The SMILES string of the molecule is CN(C(=O)[C@H]1[C@@H](C(=O)O)C1(C)C)C1CCC1. The molecule has 0 heterocycles. The van der Waals surface area contributed by atoms with E-state index in [-0.39, 0.29) is 17.2 Å². The van der Waals surface area contributed by atoms with Crippen molar-refractivity contribution in [1.29, 1.82) is 0 Å². The second kappa shape index (κ2) is 3.47. The first-order chi connectivity index (χ1) is 7.37. The van der Waals surface area contributed by atoms with E-state index in [0.29, 0.717) is 6.04 Å². The van der Waals surface area contributed by atoms with E-state index in [0.717, 1.165) is 12.8 Å². The Balaban J connectivity index is 2.03. The normalized spacial score (nSPS) is 31.7. The third kappa shape index (κ3) is 1.51. The average molecular weight is 225 g/mol. The van der Waals surface area contributed by atoms with E-state index in [4.69, 9.17) is 5.11 Å². The van der Waals surface area contributed by atoms with Crippen LogP contribution in [0.3, 0.4) is 0 Å². The Hall–Kier alpha value is -1.06. The maximum atomic E-state index is 12.1. The third-order valence-corrected chi connectivity index (χ3v) is 4.33. The van der Waals surface area contributed by atoms with Crippen molar-refractivity contribution < 1.29 is 14.7 Å². The Bertz CT molecular complexity index is 333. The predicted molar refractivity (Wildman–Crippen MR) is 58.8 cm³/mol. The molecule has 0 bridgehead atoms. The molecule has 4 heteroatoms. The Kier molecular flexibility index (Phi) is 2.48. The average Bonchev–Trinajstić information content (AvgIpc) is 2.64. The molecule has 0 aromatic rings. The van der Waals surface area contributed by atoms with Crippen molar-refractivity contribution in [2.24, 2.45) is 17.3 Å². The zero-order valence-electron chi connectivity index (χ0n) is 10.1. The van der Waals surface area contributed by atoms with Gasteiger partial charge in [0.1, 0.15) is 0 Å². The highest BCUT2D eigenvalue weighted by Gasteiger charge is 2.66. The van der Waals surface area contributed by atoms with Gasteiger partial charge < -0.3 is 10.0 Å². The molecule has 0 spiro atoms. The van der Waals surface area contributed by atoms with Crippen molar-refractivity contribution in [3.05, 3.63) is 0 Å². The smallest absolute Gasteiger partial charge is 0.307 e. The summed E-state index contributed by atoms with van der Waals surface area (Å²) in [5.41, 5.74) is -0.374. The fourth-order valence-corrected chi connectivity index (χ4v) is 2.73. The van der Waals surface area contributed by atoms with Crippen LogP contribution in [0.1, 0.15) is 33.1 Å². The molecule has 0 unspecified atom stereocenters. The van der Waals surface area contributed by atoms with E-state index in [2.05, 4.69) is 0 Å². The van der Waals surface area contributed by atoms with E-state index in [1.807, 2.05) is 13.8 Å². The van der Waals surface area contributed by atoms with Gasteiger partial charge in [0.2, 0.25) is 5.91 Å². The molecular weight excluding hydrogens is 206 g/mol. The molecule has 0 radical (unpaired) electrons. The molecule has 0 aliphatic heterocycles. The number of rotatable bonds is 3. The number of carboxylic acids is 1. The molecule has 2 saturated carbocycles. The van der Waals surface area contributed by atoms with E-state index >= 15 is 0 Å². The van der Waals surface area contributed by atoms with Crippen molar-refractivity contribution in [3.63, 3.8) is 0 Å². The standard InChI is InChI=1S/C12H19NO3/c1-12(2)8(9(12)11(15)16)10(14)13(3)7-5-4-6-7/h7-9H,4-6H2,1-3H3,(H,15,16)/t8-,9+/m1/s1. The van der Waals surface area contributed by atoms with Crippen molar-refractivity contribution in [2.75, 3.05) is 7.05 Å². The fourth-order valence-electron chi connectivity index (χ4n) is 2.73. The van der Waals surface area contributed by atoms with Gasteiger partial charge in [0, 0.05) is 13.1 Å². The minimum Gasteiger partial charge on any atom is -0.481 e. The van der Waals surface area contributed by atoms with Gasteiger partial charge in [0.15, 0.2) is 0 Å². The van der Waals surface area contributed by atoms with E-state index < -0.39 is 11.9 Å². The van der Waals surface area contributed by atoms with Gasteiger partial charge in [-0.1, -0.05) is 13.8 Å². The van der Waals surface area contributed by atoms with Gasteiger partial charge in [0.05, 0.1) is 11.8 Å². The summed E-state index contributed by atoms with van der Waals surface area (Å²) in [6, 6.07) is 0.346. The first-order valence-corrected chi connectivity index (χ1v) is 5.87. The summed E-state index contributed by atoms with van der Waals surface area (Å²) in [6.07, 6.45) is 3.30. The molecular formula is C12H19NO3. The lowest BCUT2D eigenvalue weighted by Gasteiger charge is -2.35. The number of carbonyl (C=O) groups is 2. The zero-order valence-corrected chi connectivity index (χ0v) is 10.1. The van der Waals surface area contributed by atoms with Crippen LogP contribution < -0.4 is 0 Å². The largest absolute Gasteiger partial charge is 0.481 e. The number of carboxylic acid groups (broad SMARTS) is 1. The summed E-state index contributed by atoms with van der Waals surface area (Å²) in [4.78, 5) is 24.9. The lowest BCUT2D eigenvalue weighted by atomic mass is 9.91. The van der Waals surface area contributed by atoms with Gasteiger partial charge >= 0.3 is 5.97 Å². The Labute approximate surface area is 95.6 Å². The van der Waals surface area contributed by atoms with Gasteiger partial charge in [-0.2, -0.15) is 0 Å². The maximum absolute atomic E-state index is 12.1. The molecule has 2 aliphatic rings. The summed E-state index contributed by atoms with van der Waals surface area (Å²) >= 11 is 0. The van der Waals surface area contributed by atoms with E-state index in [1.165, 1.54) is 6.42 Å². The van der Waals surface area contributed by atoms with Crippen LogP contribution in [0.4, 0.5) is 0 Å². The molecule has 1 N–H and O–H groups in total. The van der Waals surface area contributed by atoms with E-state index in [9.17, 15) is 9.59 Å². The lowest BCUT2D eigenvalue weighted by molar-refractivity contribution is -0.142. The van der Waals surface area contributed by atoms with Crippen LogP contribution in [-0.4, -0.2) is 35.0 Å². The van der Waals surface area contributed by atoms with Crippen molar-refractivity contribution in [3.8, 4) is 0 Å². The Morgan fingerprint density at radius 1 is 1.25 bits per heavy atom. The monoisotopic (exact) mass is 225 g/mol. The molecule has 0 saturated heterocycles. The van der Waals surface area contributed by atoms with Crippen molar-refractivity contribution in [1.82, 2.24) is 4.90 Å². The molecule has 4 nitrogen and oxygen atoms in total. The molecule has 90 valence electrons. The number of hydrogen-bond acceptors (Lipinski definition) is 2. The molecule has 0 aromatic heterocycles. The predicted octanol–water partition coefficient (Wildman–Crippen LogP) is 1.35. The van der Waals surface area contributed by atoms with Crippen molar-refractivity contribution in [2.45, 2.75) is 39.2 Å². The zero-order chi connectivity index (χ0) is 12.1. The van der Waals surface area contributed by atoms with E-state index in [1.54, 1.807) is 11.9 Å². The Morgan fingerprint density at radius 3 is 2.12 bits per heavy atom. The summed E-state index contributed by atoms with van der Waals surface area (Å²) in [6.45, 7) is 3.73. The first-order valence-electron chi connectivity index (χ1n) is 5.87. The number of amides is 1. The van der Waals surface area contributed by atoms with Crippen LogP contribution in [-0.2, 0) is 9.59 Å². The quantitative estimate of drug-likeness (QED) is 0.788. The highest BCUT2D eigenvalue weighted by Crippen LogP contribution is 2.59. The molecule has 0 aromatic carbocycles. The lowest BCUT2D eigenvalue weighted by Crippen LogP contribution is -2.42. The molecule has 1 amide bonds. The van der Waals surface area contributed by atoms with Crippen LogP contribution >= 0.6 is 0 Å². The highest BCUT2D eigenvalue weighted by atomic mass is 16.4. The number of carbonyl (C=O) groups excluding carboxylic acids is 1. The van der Waals surface area contributed by atoms with Gasteiger partial charge in [0.25, 0.3) is 0 Å². The Morgan fingerprint density at radius 2 is 1.81 bits per heavy atom.